The van der Waals surface area contributed by atoms with Crippen LogP contribution in [0.4, 0.5) is 4.39 Å². The van der Waals surface area contributed by atoms with Crippen molar-refractivity contribution in [2.45, 2.75) is 39.7 Å². The van der Waals surface area contributed by atoms with Crippen LogP contribution in [0.1, 0.15) is 38.8 Å². The lowest BCUT2D eigenvalue weighted by atomic mass is 10.1. The van der Waals surface area contributed by atoms with Crippen LogP contribution in [-0.2, 0) is 16.1 Å². The molecule has 0 radical (unpaired) electrons. The van der Waals surface area contributed by atoms with Crippen LogP contribution < -0.4 is 5.32 Å². The first-order valence-corrected chi connectivity index (χ1v) is 9.90. The van der Waals surface area contributed by atoms with Crippen molar-refractivity contribution in [2.24, 2.45) is 0 Å². The average molecular weight is 391 g/mol. The van der Waals surface area contributed by atoms with Crippen molar-refractivity contribution in [3.05, 3.63) is 41.8 Å². The highest BCUT2D eigenvalue weighted by Gasteiger charge is 2.09. The quantitative estimate of drug-likeness (QED) is 0.528. The molecule has 0 atom stereocenters. The van der Waals surface area contributed by atoms with E-state index >= 15 is 0 Å². The van der Waals surface area contributed by atoms with Crippen molar-refractivity contribution in [1.29, 1.82) is 0 Å². The molecule has 1 aromatic heterocycles. The highest BCUT2D eigenvalue weighted by Crippen LogP contribution is 2.20. The second kappa shape index (κ2) is 12.3. The Morgan fingerprint density at radius 2 is 1.89 bits per heavy atom. The van der Waals surface area contributed by atoms with Gasteiger partial charge in [0.15, 0.2) is 5.76 Å². The van der Waals surface area contributed by atoms with Crippen LogP contribution in [0.3, 0.4) is 0 Å². The maximum Gasteiger partial charge on any atom is 0.246 e. The summed E-state index contributed by atoms with van der Waals surface area (Å²) in [6.45, 7) is 8.35. The first-order valence-electron chi connectivity index (χ1n) is 9.90. The summed E-state index contributed by atoms with van der Waals surface area (Å²) in [6, 6.07) is 7.69. The third-order valence-corrected chi connectivity index (χ3v) is 4.22. The third kappa shape index (κ3) is 7.78. The first-order chi connectivity index (χ1) is 13.6. The maximum atomic E-state index is 13.0. The predicted molar refractivity (Wildman–Crippen MR) is 106 cm³/mol. The third-order valence-electron chi connectivity index (χ3n) is 4.22. The lowest BCUT2D eigenvalue weighted by Crippen LogP contribution is -2.32. The molecule has 1 aromatic carbocycles. The summed E-state index contributed by atoms with van der Waals surface area (Å²) in [5.41, 5.74) is 1.32. The molecule has 0 aliphatic rings. The number of benzene rings is 1. The van der Waals surface area contributed by atoms with Crippen LogP contribution in [0.15, 0.2) is 34.9 Å². The molecule has 154 valence electrons. The van der Waals surface area contributed by atoms with Gasteiger partial charge >= 0.3 is 0 Å². The molecule has 1 amide bonds. The number of halogens is 1. The monoisotopic (exact) mass is 391 g/mol. The fraction of sp³-hybridized carbons (Fsp3) is 0.524. The lowest BCUT2D eigenvalue weighted by molar-refractivity contribution is -0.126. The van der Waals surface area contributed by atoms with E-state index in [1.54, 1.807) is 18.2 Å². The molecular formula is C21H30FN3O3. The molecule has 2 aromatic rings. The fourth-order valence-corrected chi connectivity index (χ4v) is 2.93. The van der Waals surface area contributed by atoms with Gasteiger partial charge in [-0.05, 0) is 63.2 Å². The maximum absolute atomic E-state index is 13.0. The zero-order valence-electron chi connectivity index (χ0n) is 16.7. The molecule has 0 spiro atoms. The van der Waals surface area contributed by atoms with Crippen molar-refractivity contribution in [1.82, 2.24) is 15.4 Å². The molecule has 0 fully saturated rings. The number of nitrogens with one attached hydrogen (secondary N) is 1. The summed E-state index contributed by atoms with van der Waals surface area (Å²) in [5, 5.41) is 6.79. The number of hydrogen-bond donors (Lipinski definition) is 1. The Kier molecular flexibility index (Phi) is 9.65. The van der Waals surface area contributed by atoms with E-state index in [1.807, 2.05) is 0 Å². The summed E-state index contributed by atoms with van der Waals surface area (Å²) in [7, 11) is 0. The van der Waals surface area contributed by atoms with Crippen molar-refractivity contribution in [3.8, 4) is 11.3 Å². The van der Waals surface area contributed by atoms with Gasteiger partial charge in [-0.25, -0.2) is 4.39 Å². The van der Waals surface area contributed by atoms with Crippen molar-refractivity contribution in [3.63, 3.8) is 0 Å². The molecule has 0 bridgehead atoms. The minimum Gasteiger partial charge on any atom is -0.365 e. The van der Waals surface area contributed by atoms with E-state index in [0.717, 1.165) is 44.5 Å². The van der Waals surface area contributed by atoms with E-state index in [4.69, 9.17) is 9.26 Å². The SMILES string of the molecule is CCCN(CCC)CCCNC(=O)COCc1cc(-c2ccc(F)cc2)on1. The largest absolute Gasteiger partial charge is 0.365 e. The topological polar surface area (TPSA) is 67.6 Å². The average Bonchev–Trinajstić information content (AvgIpc) is 3.15. The number of aromatic nitrogens is 1. The standard InChI is InChI=1S/C21H30FN3O3/c1-3-11-25(12-4-2)13-5-10-23-21(26)16-27-15-19-14-20(28-24-19)17-6-8-18(22)9-7-17/h6-9,14H,3-5,10-13,15-16H2,1-2H3,(H,23,26). The van der Waals surface area contributed by atoms with Gasteiger partial charge < -0.3 is 19.5 Å². The zero-order valence-corrected chi connectivity index (χ0v) is 16.7. The van der Waals surface area contributed by atoms with E-state index in [-0.39, 0.29) is 24.9 Å². The molecular weight excluding hydrogens is 361 g/mol. The Morgan fingerprint density at radius 1 is 1.18 bits per heavy atom. The Labute approximate surface area is 166 Å². The second-order valence-corrected chi connectivity index (χ2v) is 6.73. The zero-order chi connectivity index (χ0) is 20.2. The molecule has 1 N–H and O–H groups in total. The number of hydrogen-bond acceptors (Lipinski definition) is 5. The van der Waals surface area contributed by atoms with Gasteiger partial charge in [0, 0.05) is 18.2 Å². The molecule has 0 saturated heterocycles. The van der Waals surface area contributed by atoms with Crippen LogP contribution in [0.5, 0.6) is 0 Å². The van der Waals surface area contributed by atoms with Gasteiger partial charge in [0.25, 0.3) is 0 Å². The number of ether oxygens (including phenoxy) is 1. The smallest absolute Gasteiger partial charge is 0.246 e. The minimum absolute atomic E-state index is 0.0215. The highest BCUT2D eigenvalue weighted by atomic mass is 19.1. The molecule has 0 unspecified atom stereocenters. The Morgan fingerprint density at radius 3 is 2.57 bits per heavy atom. The summed E-state index contributed by atoms with van der Waals surface area (Å²) in [4.78, 5) is 14.3. The molecule has 2 rings (SSSR count). The van der Waals surface area contributed by atoms with Gasteiger partial charge in [-0.3, -0.25) is 4.79 Å². The second-order valence-electron chi connectivity index (χ2n) is 6.73. The van der Waals surface area contributed by atoms with E-state index in [0.29, 0.717) is 18.0 Å². The minimum atomic E-state index is -0.304. The van der Waals surface area contributed by atoms with Gasteiger partial charge in [0.2, 0.25) is 5.91 Å². The number of nitrogens with zero attached hydrogens (tertiary/aromatic N) is 2. The molecule has 0 saturated carbocycles. The number of carbonyl (C=O) groups is 1. The van der Waals surface area contributed by atoms with Gasteiger partial charge in [-0.1, -0.05) is 19.0 Å². The van der Waals surface area contributed by atoms with Gasteiger partial charge in [-0.2, -0.15) is 0 Å². The molecule has 0 aliphatic heterocycles. The summed E-state index contributed by atoms with van der Waals surface area (Å²) >= 11 is 0. The van der Waals surface area contributed by atoms with E-state index in [1.165, 1.54) is 12.1 Å². The van der Waals surface area contributed by atoms with Gasteiger partial charge in [0.1, 0.15) is 18.1 Å². The Bertz CT molecular complexity index is 697. The van der Waals surface area contributed by atoms with Crippen molar-refractivity contribution in [2.75, 3.05) is 32.8 Å². The van der Waals surface area contributed by atoms with Gasteiger partial charge in [0.05, 0.1) is 6.61 Å². The Hall–Kier alpha value is -2.25. The molecule has 7 heteroatoms. The number of rotatable bonds is 13. The normalized spacial score (nSPS) is 11.1. The molecule has 0 aliphatic carbocycles. The van der Waals surface area contributed by atoms with E-state index in [2.05, 4.69) is 29.2 Å². The highest BCUT2D eigenvalue weighted by molar-refractivity contribution is 5.77. The number of amides is 1. The first kappa shape index (κ1) is 22.0. The van der Waals surface area contributed by atoms with Crippen molar-refractivity contribution >= 4 is 5.91 Å². The summed E-state index contributed by atoms with van der Waals surface area (Å²) in [6.07, 6.45) is 3.21. The summed E-state index contributed by atoms with van der Waals surface area (Å²) in [5.74, 6) is 0.0906. The van der Waals surface area contributed by atoms with Crippen molar-refractivity contribution < 1.29 is 18.4 Å². The van der Waals surface area contributed by atoms with E-state index < -0.39 is 0 Å². The molecule has 1 heterocycles. The van der Waals surface area contributed by atoms with Crippen LogP contribution in [0, 0.1) is 5.82 Å². The van der Waals surface area contributed by atoms with Gasteiger partial charge in [-0.15, -0.1) is 0 Å². The number of carbonyl (C=O) groups excluding carboxylic acids is 1. The van der Waals surface area contributed by atoms with Crippen LogP contribution in [0.25, 0.3) is 11.3 Å². The predicted octanol–water partition coefficient (Wildman–Crippen LogP) is 3.63. The summed E-state index contributed by atoms with van der Waals surface area (Å²) < 4.78 is 23.6. The van der Waals surface area contributed by atoms with Crippen LogP contribution >= 0.6 is 0 Å². The lowest BCUT2D eigenvalue weighted by Gasteiger charge is -2.20. The van der Waals surface area contributed by atoms with Crippen LogP contribution in [0.2, 0.25) is 0 Å². The van der Waals surface area contributed by atoms with E-state index in [9.17, 15) is 9.18 Å². The fourth-order valence-electron chi connectivity index (χ4n) is 2.93. The Balaban J connectivity index is 1.62. The molecule has 28 heavy (non-hydrogen) atoms. The molecule has 6 nitrogen and oxygen atoms in total. The van der Waals surface area contributed by atoms with Crippen LogP contribution in [-0.4, -0.2) is 48.7 Å².